The van der Waals surface area contributed by atoms with Crippen molar-refractivity contribution in [1.82, 2.24) is 14.1 Å². The lowest BCUT2D eigenvalue weighted by molar-refractivity contribution is 0.662. The van der Waals surface area contributed by atoms with Gasteiger partial charge in [0.15, 0.2) is 0 Å². The summed E-state index contributed by atoms with van der Waals surface area (Å²) in [6.45, 7) is 2.03. The number of fused-ring (bicyclic) bond motifs is 1. The molecule has 0 saturated heterocycles. The van der Waals surface area contributed by atoms with Crippen LogP contribution in [0.1, 0.15) is 12.0 Å². The van der Waals surface area contributed by atoms with Crippen molar-refractivity contribution in [3.8, 4) is 22.2 Å². The molecule has 0 unspecified atom stereocenters. The smallest absolute Gasteiger partial charge is 0.291 e. The Labute approximate surface area is 174 Å². The third-order valence-electron chi connectivity index (χ3n) is 4.53. The van der Waals surface area contributed by atoms with Crippen molar-refractivity contribution in [2.24, 2.45) is 0 Å². The molecule has 8 heteroatoms. The van der Waals surface area contributed by atoms with E-state index in [1.807, 2.05) is 25.1 Å². The standard InChI is InChI=1S/C21H15ClN4O2S/c1-13-9-14(12-24-11-13)26-20(27)19-17(25(21(26)28)8-4-7-23)10-18(29-19)15-5-2-3-6-16(15)22/h2-3,5-6,9-12H,4,8H2,1H3. The minimum Gasteiger partial charge on any atom is -0.291 e. The van der Waals surface area contributed by atoms with Gasteiger partial charge in [0.2, 0.25) is 0 Å². The summed E-state index contributed by atoms with van der Waals surface area (Å²) in [5.74, 6) is 0. The maximum absolute atomic E-state index is 13.3. The molecule has 0 amide bonds. The molecule has 4 aromatic rings. The summed E-state index contributed by atoms with van der Waals surface area (Å²) in [6, 6.07) is 12.9. The molecule has 0 aliphatic heterocycles. The second-order valence-electron chi connectivity index (χ2n) is 6.51. The summed E-state index contributed by atoms with van der Waals surface area (Å²) in [4.78, 5) is 31.3. The van der Waals surface area contributed by atoms with Crippen molar-refractivity contribution in [2.45, 2.75) is 19.9 Å². The fourth-order valence-corrected chi connectivity index (χ4v) is 4.63. The largest absolute Gasteiger partial charge is 0.336 e. The second-order valence-corrected chi connectivity index (χ2v) is 7.97. The number of nitriles is 1. The first-order valence-electron chi connectivity index (χ1n) is 8.84. The van der Waals surface area contributed by atoms with Gasteiger partial charge in [0.1, 0.15) is 4.70 Å². The first kappa shape index (κ1) is 19.1. The van der Waals surface area contributed by atoms with Gasteiger partial charge in [0, 0.05) is 28.2 Å². The highest BCUT2D eigenvalue weighted by Gasteiger charge is 2.19. The van der Waals surface area contributed by atoms with E-state index in [-0.39, 0.29) is 13.0 Å². The lowest BCUT2D eigenvalue weighted by Crippen LogP contribution is -2.38. The van der Waals surface area contributed by atoms with E-state index >= 15 is 0 Å². The molecule has 0 bridgehead atoms. The van der Waals surface area contributed by atoms with Crippen LogP contribution in [0.25, 0.3) is 26.3 Å². The summed E-state index contributed by atoms with van der Waals surface area (Å²) < 4.78 is 3.02. The van der Waals surface area contributed by atoms with Crippen LogP contribution in [0.4, 0.5) is 0 Å². The van der Waals surface area contributed by atoms with Crippen molar-refractivity contribution in [2.75, 3.05) is 0 Å². The fourth-order valence-electron chi connectivity index (χ4n) is 3.21. The van der Waals surface area contributed by atoms with Gasteiger partial charge in [-0.15, -0.1) is 11.3 Å². The number of hydrogen-bond donors (Lipinski definition) is 0. The highest BCUT2D eigenvalue weighted by Crippen LogP contribution is 2.35. The Bertz CT molecular complexity index is 1390. The molecule has 0 radical (unpaired) electrons. The number of rotatable bonds is 4. The molecule has 144 valence electrons. The van der Waals surface area contributed by atoms with Crippen LogP contribution in [-0.4, -0.2) is 14.1 Å². The normalized spacial score (nSPS) is 10.9. The van der Waals surface area contributed by atoms with Crippen molar-refractivity contribution < 1.29 is 0 Å². The Hall–Kier alpha value is -3.21. The number of halogens is 1. The van der Waals surface area contributed by atoms with Crippen LogP contribution in [0.15, 0.2) is 58.4 Å². The Kier molecular flexibility index (Phi) is 5.05. The Morgan fingerprint density at radius 1 is 1.21 bits per heavy atom. The van der Waals surface area contributed by atoms with E-state index in [9.17, 15) is 9.59 Å². The number of aromatic nitrogens is 3. The summed E-state index contributed by atoms with van der Waals surface area (Å²) in [6.07, 6.45) is 3.29. The van der Waals surface area contributed by atoms with Crippen molar-refractivity contribution >= 4 is 33.2 Å². The van der Waals surface area contributed by atoms with E-state index in [0.29, 0.717) is 20.9 Å². The maximum atomic E-state index is 13.3. The molecule has 3 aromatic heterocycles. The van der Waals surface area contributed by atoms with Gasteiger partial charge in [-0.25, -0.2) is 9.36 Å². The van der Waals surface area contributed by atoms with E-state index < -0.39 is 11.2 Å². The van der Waals surface area contributed by atoms with Crippen LogP contribution in [-0.2, 0) is 6.54 Å². The van der Waals surface area contributed by atoms with E-state index in [4.69, 9.17) is 16.9 Å². The minimum absolute atomic E-state index is 0.149. The first-order chi connectivity index (χ1) is 14.0. The molecule has 0 aliphatic carbocycles. The van der Waals surface area contributed by atoms with E-state index in [1.165, 1.54) is 22.1 Å². The Morgan fingerprint density at radius 2 is 2.00 bits per heavy atom. The fraction of sp³-hybridized carbons (Fsp3) is 0.143. The van der Waals surface area contributed by atoms with Crippen molar-refractivity contribution in [3.63, 3.8) is 0 Å². The molecule has 0 saturated carbocycles. The summed E-state index contributed by atoms with van der Waals surface area (Å²) in [7, 11) is 0. The Balaban J connectivity index is 2.06. The lowest BCUT2D eigenvalue weighted by atomic mass is 10.2. The SMILES string of the molecule is Cc1cncc(-n2c(=O)c3sc(-c4ccccc4Cl)cc3n(CCC#N)c2=O)c1. The average molecular weight is 423 g/mol. The molecule has 1 aromatic carbocycles. The molecule has 6 nitrogen and oxygen atoms in total. The van der Waals surface area contributed by atoms with Gasteiger partial charge < -0.3 is 0 Å². The minimum atomic E-state index is -0.492. The van der Waals surface area contributed by atoms with Crippen LogP contribution in [0.5, 0.6) is 0 Å². The number of benzene rings is 1. The van der Waals surface area contributed by atoms with Gasteiger partial charge in [-0.1, -0.05) is 29.8 Å². The lowest BCUT2D eigenvalue weighted by Gasteiger charge is -2.11. The van der Waals surface area contributed by atoms with Crippen LogP contribution in [0.2, 0.25) is 5.02 Å². The summed E-state index contributed by atoms with van der Waals surface area (Å²) >= 11 is 7.61. The van der Waals surface area contributed by atoms with Gasteiger partial charge in [-0.2, -0.15) is 5.26 Å². The summed E-state index contributed by atoms with van der Waals surface area (Å²) in [5, 5.41) is 9.59. The van der Waals surface area contributed by atoms with Gasteiger partial charge in [0.05, 0.1) is 29.9 Å². The van der Waals surface area contributed by atoms with Gasteiger partial charge in [-0.05, 0) is 30.7 Å². The zero-order chi connectivity index (χ0) is 20.5. The second kappa shape index (κ2) is 7.66. The highest BCUT2D eigenvalue weighted by molar-refractivity contribution is 7.22. The quantitative estimate of drug-likeness (QED) is 0.494. The first-order valence-corrected chi connectivity index (χ1v) is 10.0. The molecule has 0 atom stereocenters. The number of pyridine rings is 1. The number of thiophene rings is 1. The zero-order valence-corrected chi connectivity index (χ0v) is 17.0. The zero-order valence-electron chi connectivity index (χ0n) is 15.4. The van der Waals surface area contributed by atoms with Crippen molar-refractivity contribution in [1.29, 1.82) is 5.26 Å². The van der Waals surface area contributed by atoms with E-state index in [0.717, 1.165) is 20.6 Å². The van der Waals surface area contributed by atoms with Gasteiger partial charge >= 0.3 is 5.69 Å². The third kappa shape index (κ3) is 3.37. The molecule has 0 spiro atoms. The van der Waals surface area contributed by atoms with Crippen LogP contribution in [0.3, 0.4) is 0 Å². The highest BCUT2D eigenvalue weighted by atomic mass is 35.5. The molecule has 29 heavy (non-hydrogen) atoms. The average Bonchev–Trinajstić information content (AvgIpc) is 3.14. The maximum Gasteiger partial charge on any atom is 0.336 e. The molecular formula is C21H15ClN4O2S. The molecule has 3 heterocycles. The Morgan fingerprint density at radius 3 is 2.72 bits per heavy atom. The van der Waals surface area contributed by atoms with E-state index in [1.54, 1.807) is 24.4 Å². The van der Waals surface area contributed by atoms with Crippen LogP contribution in [0, 0.1) is 18.3 Å². The number of hydrogen-bond acceptors (Lipinski definition) is 5. The van der Waals surface area contributed by atoms with Crippen LogP contribution >= 0.6 is 22.9 Å². The predicted octanol–water partition coefficient (Wildman–Crippen LogP) is 4.15. The van der Waals surface area contributed by atoms with Crippen LogP contribution < -0.4 is 11.2 Å². The molecule has 0 fully saturated rings. The third-order valence-corrected chi connectivity index (χ3v) is 6.00. The number of nitrogens with zero attached hydrogens (tertiary/aromatic N) is 4. The molecular weight excluding hydrogens is 408 g/mol. The molecule has 0 N–H and O–H groups in total. The molecule has 4 rings (SSSR count). The van der Waals surface area contributed by atoms with E-state index in [2.05, 4.69) is 11.1 Å². The molecule has 0 aliphatic rings. The van der Waals surface area contributed by atoms with Gasteiger partial charge in [0.25, 0.3) is 5.56 Å². The topological polar surface area (TPSA) is 80.7 Å². The predicted molar refractivity (Wildman–Crippen MR) is 115 cm³/mol. The van der Waals surface area contributed by atoms with Gasteiger partial charge in [-0.3, -0.25) is 14.3 Å². The van der Waals surface area contributed by atoms with Crippen molar-refractivity contribution in [3.05, 3.63) is 80.2 Å². The summed E-state index contributed by atoms with van der Waals surface area (Å²) in [5.41, 5.74) is 1.63. The number of aryl methyl sites for hydroxylation is 2. The monoisotopic (exact) mass is 422 g/mol.